The summed E-state index contributed by atoms with van der Waals surface area (Å²) in [7, 11) is 0. The third-order valence-corrected chi connectivity index (χ3v) is 1.91. The molecule has 0 heterocycles. The standard InChI is InChI=1S/C8H18O2/c1-6(2)7(5-9)8(3,4)10/h6-7,9-10H,5H2,1-4H3/t7-/m0/s1. The van der Waals surface area contributed by atoms with E-state index in [2.05, 4.69) is 0 Å². The van der Waals surface area contributed by atoms with Crippen molar-refractivity contribution < 1.29 is 10.2 Å². The van der Waals surface area contributed by atoms with Crippen LogP contribution in [0.15, 0.2) is 0 Å². The van der Waals surface area contributed by atoms with E-state index in [0.717, 1.165) is 0 Å². The van der Waals surface area contributed by atoms with E-state index in [-0.39, 0.29) is 12.5 Å². The molecule has 62 valence electrons. The van der Waals surface area contributed by atoms with Crippen LogP contribution in [-0.4, -0.2) is 22.4 Å². The second-order valence-electron chi connectivity index (χ2n) is 3.69. The number of aliphatic hydroxyl groups excluding tert-OH is 1. The van der Waals surface area contributed by atoms with Gasteiger partial charge in [-0.15, -0.1) is 0 Å². The van der Waals surface area contributed by atoms with Gasteiger partial charge in [0.15, 0.2) is 0 Å². The Bertz CT molecular complexity index is 91.9. The smallest absolute Gasteiger partial charge is 0.0644 e. The zero-order valence-electron chi connectivity index (χ0n) is 7.26. The van der Waals surface area contributed by atoms with Crippen molar-refractivity contribution >= 4 is 0 Å². The van der Waals surface area contributed by atoms with Crippen molar-refractivity contribution in [2.75, 3.05) is 6.61 Å². The zero-order valence-corrected chi connectivity index (χ0v) is 7.26. The highest BCUT2D eigenvalue weighted by atomic mass is 16.3. The van der Waals surface area contributed by atoms with Crippen molar-refractivity contribution in [2.24, 2.45) is 11.8 Å². The minimum atomic E-state index is -0.761. The molecule has 0 unspecified atom stereocenters. The first-order valence-corrected chi connectivity index (χ1v) is 3.72. The van der Waals surface area contributed by atoms with Crippen LogP contribution in [0.3, 0.4) is 0 Å². The molecule has 10 heavy (non-hydrogen) atoms. The van der Waals surface area contributed by atoms with Crippen LogP contribution in [0.1, 0.15) is 27.7 Å². The number of hydrogen-bond donors (Lipinski definition) is 2. The molecule has 0 fully saturated rings. The quantitative estimate of drug-likeness (QED) is 0.624. The lowest BCUT2D eigenvalue weighted by Crippen LogP contribution is -2.36. The molecule has 1 atom stereocenters. The molecule has 0 aliphatic carbocycles. The molecule has 0 amide bonds. The third kappa shape index (κ3) is 2.67. The molecule has 0 spiro atoms. The fourth-order valence-corrected chi connectivity index (χ4v) is 1.25. The molecule has 0 aromatic carbocycles. The second kappa shape index (κ2) is 3.35. The summed E-state index contributed by atoms with van der Waals surface area (Å²) in [6, 6.07) is 0. The van der Waals surface area contributed by atoms with Crippen LogP contribution in [0, 0.1) is 11.8 Å². The summed E-state index contributed by atoms with van der Waals surface area (Å²) in [5, 5.41) is 18.4. The summed E-state index contributed by atoms with van der Waals surface area (Å²) in [5.41, 5.74) is -0.761. The largest absolute Gasteiger partial charge is 0.396 e. The van der Waals surface area contributed by atoms with E-state index in [0.29, 0.717) is 5.92 Å². The van der Waals surface area contributed by atoms with Crippen LogP contribution in [-0.2, 0) is 0 Å². The highest BCUT2D eigenvalue weighted by Crippen LogP contribution is 2.23. The summed E-state index contributed by atoms with van der Waals surface area (Å²) in [6.07, 6.45) is 0. The Kier molecular flexibility index (Phi) is 3.33. The van der Waals surface area contributed by atoms with Crippen LogP contribution < -0.4 is 0 Å². The molecule has 0 saturated carbocycles. The van der Waals surface area contributed by atoms with Crippen LogP contribution in [0.4, 0.5) is 0 Å². The van der Waals surface area contributed by atoms with Crippen LogP contribution in [0.25, 0.3) is 0 Å². The molecule has 0 rings (SSSR count). The van der Waals surface area contributed by atoms with E-state index in [1.807, 2.05) is 13.8 Å². The summed E-state index contributed by atoms with van der Waals surface area (Å²) < 4.78 is 0. The molecular weight excluding hydrogens is 128 g/mol. The van der Waals surface area contributed by atoms with E-state index >= 15 is 0 Å². The van der Waals surface area contributed by atoms with E-state index in [1.165, 1.54) is 0 Å². The van der Waals surface area contributed by atoms with Crippen LogP contribution in [0.5, 0.6) is 0 Å². The highest BCUT2D eigenvalue weighted by Gasteiger charge is 2.28. The maximum absolute atomic E-state index is 9.49. The Hall–Kier alpha value is -0.0800. The second-order valence-corrected chi connectivity index (χ2v) is 3.69. The van der Waals surface area contributed by atoms with E-state index in [1.54, 1.807) is 13.8 Å². The molecule has 2 N–H and O–H groups in total. The van der Waals surface area contributed by atoms with Crippen LogP contribution >= 0.6 is 0 Å². The molecule has 0 bridgehead atoms. The molecule has 0 saturated heterocycles. The van der Waals surface area contributed by atoms with Crippen molar-refractivity contribution in [2.45, 2.75) is 33.3 Å². The molecule has 2 heteroatoms. The summed E-state index contributed by atoms with van der Waals surface area (Å²) in [6.45, 7) is 7.51. The molecule has 0 radical (unpaired) electrons. The van der Waals surface area contributed by atoms with Crippen molar-refractivity contribution in [1.82, 2.24) is 0 Å². The lowest BCUT2D eigenvalue weighted by atomic mass is 9.83. The Morgan fingerprint density at radius 2 is 1.70 bits per heavy atom. The topological polar surface area (TPSA) is 40.5 Å². The van der Waals surface area contributed by atoms with Crippen molar-refractivity contribution in [1.29, 1.82) is 0 Å². The first-order chi connectivity index (χ1) is 4.39. The maximum atomic E-state index is 9.49. The van der Waals surface area contributed by atoms with Gasteiger partial charge in [-0.1, -0.05) is 13.8 Å². The molecule has 0 aromatic heterocycles. The molecule has 0 aliphatic heterocycles. The summed E-state index contributed by atoms with van der Waals surface area (Å²) in [4.78, 5) is 0. The van der Waals surface area contributed by atoms with Gasteiger partial charge in [-0.25, -0.2) is 0 Å². The lowest BCUT2D eigenvalue weighted by Gasteiger charge is -2.30. The third-order valence-electron chi connectivity index (χ3n) is 1.91. The number of hydrogen-bond acceptors (Lipinski definition) is 2. The number of aliphatic hydroxyl groups is 2. The molecule has 0 aliphatic rings. The first-order valence-electron chi connectivity index (χ1n) is 3.72. The molecular formula is C8H18O2. The van der Waals surface area contributed by atoms with Crippen molar-refractivity contribution in [3.8, 4) is 0 Å². The van der Waals surface area contributed by atoms with E-state index < -0.39 is 5.60 Å². The Balaban J connectivity index is 4.07. The SMILES string of the molecule is CC(C)[C@H](CO)C(C)(C)O. The van der Waals surface area contributed by atoms with Gasteiger partial charge in [0.2, 0.25) is 0 Å². The van der Waals surface area contributed by atoms with Gasteiger partial charge in [-0.05, 0) is 19.8 Å². The van der Waals surface area contributed by atoms with Crippen molar-refractivity contribution in [3.63, 3.8) is 0 Å². The van der Waals surface area contributed by atoms with Gasteiger partial charge in [-0.2, -0.15) is 0 Å². The van der Waals surface area contributed by atoms with Gasteiger partial charge in [0, 0.05) is 12.5 Å². The average molecular weight is 146 g/mol. The van der Waals surface area contributed by atoms with Gasteiger partial charge in [-0.3, -0.25) is 0 Å². The minimum absolute atomic E-state index is 0.0208. The highest BCUT2D eigenvalue weighted by molar-refractivity contribution is 4.78. The molecule has 0 aromatic rings. The predicted molar refractivity (Wildman–Crippen MR) is 41.7 cm³/mol. The van der Waals surface area contributed by atoms with Gasteiger partial charge in [0.05, 0.1) is 5.60 Å². The fraction of sp³-hybridized carbons (Fsp3) is 1.00. The first kappa shape index (κ1) is 9.92. The van der Waals surface area contributed by atoms with E-state index in [4.69, 9.17) is 5.11 Å². The summed E-state index contributed by atoms with van der Waals surface area (Å²) >= 11 is 0. The Morgan fingerprint density at radius 1 is 1.30 bits per heavy atom. The van der Waals surface area contributed by atoms with Crippen molar-refractivity contribution in [3.05, 3.63) is 0 Å². The fourth-order valence-electron chi connectivity index (χ4n) is 1.25. The summed E-state index contributed by atoms with van der Waals surface area (Å²) in [5.74, 6) is 0.303. The monoisotopic (exact) mass is 146 g/mol. The van der Waals surface area contributed by atoms with Crippen LogP contribution in [0.2, 0.25) is 0 Å². The predicted octanol–water partition coefficient (Wildman–Crippen LogP) is 1.02. The zero-order chi connectivity index (χ0) is 8.36. The minimum Gasteiger partial charge on any atom is -0.396 e. The lowest BCUT2D eigenvalue weighted by molar-refractivity contribution is -0.0291. The number of rotatable bonds is 3. The van der Waals surface area contributed by atoms with Gasteiger partial charge < -0.3 is 10.2 Å². The normalized spacial score (nSPS) is 15.9. The Morgan fingerprint density at radius 3 is 1.70 bits per heavy atom. The van der Waals surface area contributed by atoms with Gasteiger partial charge in [0.25, 0.3) is 0 Å². The maximum Gasteiger partial charge on any atom is 0.0644 e. The van der Waals surface area contributed by atoms with Gasteiger partial charge >= 0.3 is 0 Å². The van der Waals surface area contributed by atoms with E-state index in [9.17, 15) is 5.11 Å². The molecule has 2 nitrogen and oxygen atoms in total. The average Bonchev–Trinajstić information content (AvgIpc) is 1.60. The Labute approximate surface area is 62.9 Å². The van der Waals surface area contributed by atoms with Gasteiger partial charge in [0.1, 0.15) is 0 Å².